The van der Waals surface area contributed by atoms with E-state index in [1.54, 1.807) is 19.1 Å². The van der Waals surface area contributed by atoms with Crippen molar-refractivity contribution < 1.29 is 12.9 Å². The van der Waals surface area contributed by atoms with Gasteiger partial charge in [-0.3, -0.25) is 4.98 Å². The maximum absolute atomic E-state index is 12.5. The van der Waals surface area contributed by atoms with E-state index >= 15 is 0 Å². The maximum Gasteiger partial charge on any atom is 0.244 e. The molecule has 7 nitrogen and oxygen atoms in total. The Morgan fingerprint density at radius 1 is 1.33 bits per heavy atom. The molecule has 1 saturated heterocycles. The van der Waals surface area contributed by atoms with Crippen LogP contribution in [0.3, 0.4) is 0 Å². The minimum atomic E-state index is -3.51. The number of aryl methyl sites for hydroxylation is 2. The van der Waals surface area contributed by atoms with Crippen molar-refractivity contribution in [2.24, 2.45) is 0 Å². The molecule has 1 aliphatic heterocycles. The van der Waals surface area contributed by atoms with Gasteiger partial charge in [-0.25, -0.2) is 8.42 Å². The van der Waals surface area contributed by atoms with E-state index < -0.39 is 10.0 Å². The number of pyridine rings is 1. The third kappa shape index (κ3) is 2.68. The van der Waals surface area contributed by atoms with Crippen molar-refractivity contribution in [2.45, 2.75) is 31.1 Å². The molecule has 0 spiro atoms. The highest BCUT2D eigenvalue weighted by Gasteiger charge is 2.35. The molecule has 112 valence electrons. The number of hydrogen-bond donors (Lipinski definition) is 0. The fraction of sp³-hybridized carbons (Fsp3) is 0.462. The summed E-state index contributed by atoms with van der Waals surface area (Å²) in [6, 6.07) is 3.28. The minimum Gasteiger partial charge on any atom is -0.339 e. The van der Waals surface area contributed by atoms with Crippen molar-refractivity contribution in [3.63, 3.8) is 0 Å². The zero-order valence-corrected chi connectivity index (χ0v) is 12.7. The topological polar surface area (TPSA) is 89.2 Å². The van der Waals surface area contributed by atoms with Crippen LogP contribution in [0.5, 0.6) is 0 Å². The molecule has 0 radical (unpaired) electrons. The monoisotopic (exact) mass is 308 g/mol. The Hall–Kier alpha value is -1.80. The third-order valence-corrected chi connectivity index (χ3v) is 5.41. The van der Waals surface area contributed by atoms with E-state index in [4.69, 9.17) is 4.52 Å². The van der Waals surface area contributed by atoms with Gasteiger partial charge in [-0.1, -0.05) is 5.16 Å². The number of hydrogen-bond acceptors (Lipinski definition) is 6. The Bertz CT molecular complexity index is 739. The zero-order valence-electron chi connectivity index (χ0n) is 11.9. The molecule has 2 aromatic rings. The van der Waals surface area contributed by atoms with Crippen LogP contribution in [0.15, 0.2) is 27.7 Å². The van der Waals surface area contributed by atoms with E-state index in [0.29, 0.717) is 31.2 Å². The molecule has 1 aliphatic rings. The van der Waals surface area contributed by atoms with Crippen LogP contribution >= 0.6 is 0 Å². The third-order valence-electron chi connectivity index (χ3n) is 3.57. The van der Waals surface area contributed by atoms with Gasteiger partial charge in [0.05, 0.1) is 5.92 Å². The number of rotatable bonds is 3. The molecule has 0 amide bonds. The summed E-state index contributed by atoms with van der Waals surface area (Å²) in [6.07, 6.45) is 2.08. The van der Waals surface area contributed by atoms with Gasteiger partial charge in [-0.2, -0.15) is 9.29 Å². The highest BCUT2D eigenvalue weighted by atomic mass is 32.2. The van der Waals surface area contributed by atoms with Gasteiger partial charge in [-0.15, -0.1) is 0 Å². The summed E-state index contributed by atoms with van der Waals surface area (Å²) in [5.74, 6) is 1.03. The van der Waals surface area contributed by atoms with Gasteiger partial charge >= 0.3 is 0 Å². The first-order chi connectivity index (χ1) is 9.96. The van der Waals surface area contributed by atoms with E-state index in [-0.39, 0.29) is 10.8 Å². The van der Waals surface area contributed by atoms with Crippen LogP contribution in [0.2, 0.25) is 0 Å². The van der Waals surface area contributed by atoms with Crippen LogP contribution in [-0.2, 0) is 10.0 Å². The second-order valence-corrected chi connectivity index (χ2v) is 7.10. The first-order valence-electron chi connectivity index (χ1n) is 6.70. The zero-order chi connectivity index (χ0) is 15.0. The Morgan fingerprint density at radius 2 is 2.14 bits per heavy atom. The van der Waals surface area contributed by atoms with Crippen molar-refractivity contribution in [2.75, 3.05) is 13.1 Å². The molecule has 0 aliphatic carbocycles. The van der Waals surface area contributed by atoms with E-state index in [1.807, 2.05) is 6.92 Å². The SMILES string of the molecule is Cc1ccc(S(=O)(=O)N2CCC(c3nc(C)no3)C2)cn1. The maximum atomic E-state index is 12.5. The average molecular weight is 308 g/mol. The molecular formula is C13H16N4O3S. The largest absolute Gasteiger partial charge is 0.339 e. The molecule has 3 heterocycles. The lowest BCUT2D eigenvalue weighted by molar-refractivity contribution is 0.351. The highest BCUT2D eigenvalue weighted by molar-refractivity contribution is 7.89. The van der Waals surface area contributed by atoms with Crippen molar-refractivity contribution in [3.8, 4) is 0 Å². The van der Waals surface area contributed by atoms with E-state index in [2.05, 4.69) is 15.1 Å². The summed E-state index contributed by atoms with van der Waals surface area (Å²) < 4.78 is 31.7. The van der Waals surface area contributed by atoms with Gasteiger partial charge in [-0.05, 0) is 32.4 Å². The van der Waals surface area contributed by atoms with Crippen molar-refractivity contribution in [3.05, 3.63) is 35.7 Å². The Labute approximate surface area is 123 Å². The number of sulfonamides is 1. The Kier molecular flexibility index (Phi) is 3.50. The molecule has 0 saturated carbocycles. The van der Waals surface area contributed by atoms with Gasteiger partial charge in [0.15, 0.2) is 5.82 Å². The number of nitrogens with zero attached hydrogens (tertiary/aromatic N) is 4. The van der Waals surface area contributed by atoms with E-state index in [9.17, 15) is 8.42 Å². The summed E-state index contributed by atoms with van der Waals surface area (Å²) in [4.78, 5) is 8.45. The summed E-state index contributed by atoms with van der Waals surface area (Å²) in [5.41, 5.74) is 0.787. The van der Waals surface area contributed by atoms with Crippen LogP contribution < -0.4 is 0 Å². The van der Waals surface area contributed by atoms with Crippen LogP contribution in [-0.4, -0.2) is 40.9 Å². The molecule has 2 aromatic heterocycles. The Balaban J connectivity index is 1.80. The first kappa shape index (κ1) is 14.2. The fourth-order valence-electron chi connectivity index (χ4n) is 2.38. The molecular weight excluding hydrogens is 292 g/mol. The molecule has 0 aromatic carbocycles. The normalized spacial score (nSPS) is 20.0. The molecule has 1 atom stereocenters. The van der Waals surface area contributed by atoms with Gasteiger partial charge in [0, 0.05) is 25.0 Å². The molecule has 3 rings (SSSR count). The van der Waals surface area contributed by atoms with Crippen molar-refractivity contribution in [1.29, 1.82) is 0 Å². The first-order valence-corrected chi connectivity index (χ1v) is 8.14. The van der Waals surface area contributed by atoms with Gasteiger partial charge < -0.3 is 4.52 Å². The van der Waals surface area contributed by atoms with Gasteiger partial charge in [0.25, 0.3) is 0 Å². The molecule has 8 heteroatoms. The van der Waals surface area contributed by atoms with E-state index in [1.165, 1.54) is 10.5 Å². The smallest absolute Gasteiger partial charge is 0.244 e. The van der Waals surface area contributed by atoms with Crippen molar-refractivity contribution >= 4 is 10.0 Å². The highest BCUT2D eigenvalue weighted by Crippen LogP contribution is 2.30. The van der Waals surface area contributed by atoms with Gasteiger partial charge in [0.2, 0.25) is 15.9 Å². The summed E-state index contributed by atoms with van der Waals surface area (Å²) in [5, 5.41) is 3.75. The fourth-order valence-corrected chi connectivity index (χ4v) is 3.83. The van der Waals surface area contributed by atoms with Crippen LogP contribution in [0, 0.1) is 13.8 Å². The molecule has 21 heavy (non-hydrogen) atoms. The summed E-state index contributed by atoms with van der Waals surface area (Å²) >= 11 is 0. The van der Waals surface area contributed by atoms with Crippen LogP contribution in [0.25, 0.3) is 0 Å². The summed E-state index contributed by atoms with van der Waals surface area (Å²) in [6.45, 7) is 4.37. The van der Waals surface area contributed by atoms with Crippen LogP contribution in [0.1, 0.15) is 29.7 Å². The van der Waals surface area contributed by atoms with Crippen molar-refractivity contribution in [1.82, 2.24) is 19.4 Å². The lowest BCUT2D eigenvalue weighted by Crippen LogP contribution is -2.28. The van der Waals surface area contributed by atoms with E-state index in [0.717, 1.165) is 5.69 Å². The minimum absolute atomic E-state index is 0.0422. The quantitative estimate of drug-likeness (QED) is 0.848. The molecule has 0 N–H and O–H groups in total. The van der Waals surface area contributed by atoms with Crippen LogP contribution in [0.4, 0.5) is 0 Å². The predicted molar refractivity (Wildman–Crippen MR) is 74.1 cm³/mol. The number of aromatic nitrogens is 3. The lowest BCUT2D eigenvalue weighted by Gasteiger charge is -2.15. The molecule has 1 unspecified atom stereocenters. The average Bonchev–Trinajstić information content (AvgIpc) is 3.08. The molecule has 0 bridgehead atoms. The Morgan fingerprint density at radius 3 is 2.76 bits per heavy atom. The second kappa shape index (κ2) is 5.19. The summed E-state index contributed by atoms with van der Waals surface area (Å²) in [7, 11) is -3.51. The molecule has 1 fully saturated rings. The standard InChI is InChI=1S/C13H16N4O3S/c1-9-3-4-12(7-14-9)21(18,19)17-6-5-11(8-17)13-15-10(2)16-20-13/h3-4,7,11H,5-6,8H2,1-2H3. The second-order valence-electron chi connectivity index (χ2n) is 5.16. The lowest BCUT2D eigenvalue weighted by atomic mass is 10.1. The van der Waals surface area contributed by atoms with Gasteiger partial charge in [0.1, 0.15) is 4.90 Å². The predicted octanol–water partition coefficient (Wildman–Crippen LogP) is 1.26.